The Morgan fingerprint density at radius 2 is 1.57 bits per heavy atom. The number of nitrogens with zero attached hydrogens (tertiary/aromatic N) is 2. The van der Waals surface area contributed by atoms with Crippen LogP contribution < -0.4 is 9.62 Å². The molecular formula is C32H37Cl2N3O4S. The van der Waals surface area contributed by atoms with Gasteiger partial charge in [-0.3, -0.25) is 13.9 Å². The van der Waals surface area contributed by atoms with Crippen LogP contribution in [-0.2, 0) is 26.2 Å². The molecule has 0 aliphatic heterocycles. The fraction of sp³-hybridized carbons (Fsp3) is 0.375. The molecular weight excluding hydrogens is 593 g/mol. The van der Waals surface area contributed by atoms with Crippen molar-refractivity contribution < 1.29 is 18.0 Å². The SMILES string of the molecule is CCC(C(=O)NC1CCCCC1)N(Cc1ccccc1Cl)C(=O)CN(c1ccc(C)cc1)S(=O)(=O)c1ccc(Cl)cc1. The molecule has 7 nitrogen and oxygen atoms in total. The molecule has 10 heteroatoms. The van der Waals surface area contributed by atoms with Crippen molar-refractivity contribution in [3.8, 4) is 0 Å². The van der Waals surface area contributed by atoms with Crippen molar-refractivity contribution in [1.29, 1.82) is 0 Å². The zero-order valence-corrected chi connectivity index (χ0v) is 26.3. The number of aryl methyl sites for hydroxylation is 1. The van der Waals surface area contributed by atoms with Gasteiger partial charge in [0.05, 0.1) is 10.6 Å². The molecule has 2 amide bonds. The molecule has 3 aromatic carbocycles. The number of nitrogens with one attached hydrogen (secondary N) is 1. The van der Waals surface area contributed by atoms with Crippen LogP contribution in [0.25, 0.3) is 0 Å². The quantitative estimate of drug-likeness (QED) is 0.254. The van der Waals surface area contributed by atoms with Gasteiger partial charge in [-0.15, -0.1) is 0 Å². The third-order valence-electron chi connectivity index (χ3n) is 7.64. The number of carbonyl (C=O) groups excluding carboxylic acids is 2. The summed E-state index contributed by atoms with van der Waals surface area (Å²) >= 11 is 12.5. The van der Waals surface area contributed by atoms with Crippen molar-refractivity contribution in [1.82, 2.24) is 10.2 Å². The third-order valence-corrected chi connectivity index (χ3v) is 10.0. The van der Waals surface area contributed by atoms with Gasteiger partial charge in [0.2, 0.25) is 11.8 Å². The average Bonchev–Trinajstić information content (AvgIpc) is 2.98. The third kappa shape index (κ3) is 7.85. The second kappa shape index (κ2) is 14.4. The molecule has 42 heavy (non-hydrogen) atoms. The Labute approximate surface area is 258 Å². The first-order valence-electron chi connectivity index (χ1n) is 14.3. The fourth-order valence-corrected chi connectivity index (χ4v) is 6.98. The first-order chi connectivity index (χ1) is 20.1. The number of anilines is 1. The van der Waals surface area contributed by atoms with Gasteiger partial charge < -0.3 is 10.2 Å². The molecule has 1 saturated carbocycles. The molecule has 0 radical (unpaired) electrons. The van der Waals surface area contributed by atoms with E-state index in [0.717, 1.165) is 42.0 Å². The number of hydrogen-bond acceptors (Lipinski definition) is 4. The predicted octanol–water partition coefficient (Wildman–Crippen LogP) is 6.75. The summed E-state index contributed by atoms with van der Waals surface area (Å²) in [5, 5.41) is 4.00. The standard InChI is InChI=1S/C32H37Cl2N3O4S/c1-3-30(32(39)35-26-10-5-4-6-11-26)36(21-24-9-7-8-12-29(24)34)31(38)22-37(27-17-13-23(2)14-18-27)42(40,41)28-19-15-25(33)16-20-28/h7-9,12-20,26,30H,3-6,10-11,21-22H2,1-2H3,(H,35,39). The average molecular weight is 631 g/mol. The van der Waals surface area contributed by atoms with E-state index < -0.39 is 28.5 Å². The van der Waals surface area contributed by atoms with E-state index >= 15 is 0 Å². The smallest absolute Gasteiger partial charge is 0.264 e. The van der Waals surface area contributed by atoms with Gasteiger partial charge in [-0.2, -0.15) is 0 Å². The molecule has 1 aliphatic carbocycles. The lowest BCUT2D eigenvalue weighted by atomic mass is 9.95. The van der Waals surface area contributed by atoms with E-state index in [4.69, 9.17) is 23.2 Å². The van der Waals surface area contributed by atoms with E-state index in [1.54, 1.807) is 42.5 Å². The van der Waals surface area contributed by atoms with Crippen LogP contribution in [0.1, 0.15) is 56.6 Å². The van der Waals surface area contributed by atoms with E-state index in [1.807, 2.05) is 19.9 Å². The number of amides is 2. The summed E-state index contributed by atoms with van der Waals surface area (Å²) in [7, 11) is -4.17. The lowest BCUT2D eigenvalue weighted by Crippen LogP contribution is -2.54. The second-order valence-corrected chi connectivity index (χ2v) is 13.4. The summed E-state index contributed by atoms with van der Waals surface area (Å²) in [5.41, 5.74) is 1.94. The highest BCUT2D eigenvalue weighted by atomic mass is 35.5. The minimum absolute atomic E-state index is 0.0000110. The van der Waals surface area contributed by atoms with Crippen molar-refractivity contribution in [3.05, 3.63) is 94.0 Å². The molecule has 0 bridgehead atoms. The molecule has 1 unspecified atom stereocenters. The monoisotopic (exact) mass is 629 g/mol. The van der Waals surface area contributed by atoms with Crippen LogP contribution >= 0.6 is 23.2 Å². The normalized spacial score (nSPS) is 14.7. The molecule has 4 rings (SSSR count). The molecule has 0 saturated heterocycles. The number of hydrogen-bond donors (Lipinski definition) is 1. The van der Waals surface area contributed by atoms with E-state index in [2.05, 4.69) is 5.32 Å². The van der Waals surface area contributed by atoms with Gasteiger partial charge in [0.15, 0.2) is 0 Å². The van der Waals surface area contributed by atoms with E-state index in [9.17, 15) is 18.0 Å². The van der Waals surface area contributed by atoms with Gasteiger partial charge in [0, 0.05) is 22.6 Å². The van der Waals surface area contributed by atoms with Crippen LogP contribution in [-0.4, -0.2) is 43.8 Å². The van der Waals surface area contributed by atoms with Crippen LogP contribution in [0, 0.1) is 6.92 Å². The lowest BCUT2D eigenvalue weighted by Gasteiger charge is -2.34. The predicted molar refractivity (Wildman–Crippen MR) is 168 cm³/mol. The molecule has 1 N–H and O–H groups in total. The zero-order valence-electron chi connectivity index (χ0n) is 23.9. The van der Waals surface area contributed by atoms with Gasteiger partial charge >= 0.3 is 0 Å². The summed E-state index contributed by atoms with van der Waals surface area (Å²) in [4.78, 5) is 29.3. The molecule has 1 aliphatic rings. The van der Waals surface area contributed by atoms with Crippen LogP contribution in [0.2, 0.25) is 10.0 Å². The Morgan fingerprint density at radius 3 is 2.19 bits per heavy atom. The van der Waals surface area contributed by atoms with Crippen molar-refractivity contribution in [3.63, 3.8) is 0 Å². The van der Waals surface area contributed by atoms with Crippen molar-refractivity contribution in [2.45, 2.75) is 75.9 Å². The maximum atomic E-state index is 14.2. The van der Waals surface area contributed by atoms with Gasteiger partial charge in [0.25, 0.3) is 10.0 Å². The Balaban J connectivity index is 1.71. The highest BCUT2D eigenvalue weighted by Crippen LogP contribution is 2.27. The van der Waals surface area contributed by atoms with Crippen molar-refractivity contribution in [2.75, 3.05) is 10.8 Å². The maximum Gasteiger partial charge on any atom is 0.264 e. The molecule has 0 spiro atoms. The summed E-state index contributed by atoms with van der Waals surface area (Å²) in [6, 6.07) is 19.1. The maximum absolute atomic E-state index is 14.2. The molecule has 0 heterocycles. The lowest BCUT2D eigenvalue weighted by molar-refractivity contribution is -0.140. The summed E-state index contributed by atoms with van der Waals surface area (Å²) in [6.45, 7) is 3.29. The van der Waals surface area contributed by atoms with E-state index in [1.165, 1.54) is 29.2 Å². The zero-order chi connectivity index (χ0) is 30.3. The Hall–Kier alpha value is -3.07. The van der Waals surface area contributed by atoms with E-state index in [0.29, 0.717) is 27.7 Å². The summed E-state index contributed by atoms with van der Waals surface area (Å²) in [5.74, 6) is -0.758. The second-order valence-electron chi connectivity index (χ2n) is 10.7. The number of rotatable bonds is 11. The number of benzene rings is 3. The number of halogens is 2. The van der Waals surface area contributed by atoms with Gasteiger partial charge in [-0.05, 0) is 74.2 Å². The Morgan fingerprint density at radius 1 is 0.929 bits per heavy atom. The minimum Gasteiger partial charge on any atom is -0.352 e. The van der Waals surface area contributed by atoms with Gasteiger partial charge in [-0.25, -0.2) is 8.42 Å². The molecule has 0 aromatic heterocycles. The highest BCUT2D eigenvalue weighted by Gasteiger charge is 2.34. The summed E-state index contributed by atoms with van der Waals surface area (Å²) in [6.07, 6.45) is 5.42. The molecule has 3 aromatic rings. The number of carbonyl (C=O) groups is 2. The van der Waals surface area contributed by atoms with Crippen LogP contribution in [0.5, 0.6) is 0 Å². The summed E-state index contributed by atoms with van der Waals surface area (Å²) < 4.78 is 29.0. The van der Waals surface area contributed by atoms with Gasteiger partial charge in [-0.1, -0.05) is 85.3 Å². The first kappa shape index (κ1) is 31.9. The number of sulfonamides is 1. The largest absolute Gasteiger partial charge is 0.352 e. The van der Waals surface area contributed by atoms with Crippen molar-refractivity contribution in [2.24, 2.45) is 0 Å². The Kier molecular flexibility index (Phi) is 10.9. The molecule has 1 atom stereocenters. The topological polar surface area (TPSA) is 86.8 Å². The van der Waals surface area contributed by atoms with Gasteiger partial charge in [0.1, 0.15) is 12.6 Å². The van der Waals surface area contributed by atoms with Crippen molar-refractivity contribution >= 4 is 50.7 Å². The van der Waals surface area contributed by atoms with Crippen LogP contribution in [0.15, 0.2) is 77.7 Å². The Bertz CT molecular complexity index is 1470. The van der Waals surface area contributed by atoms with Crippen LogP contribution in [0.3, 0.4) is 0 Å². The fourth-order valence-electron chi connectivity index (χ4n) is 5.25. The highest BCUT2D eigenvalue weighted by molar-refractivity contribution is 7.92. The molecule has 1 fully saturated rings. The first-order valence-corrected chi connectivity index (χ1v) is 16.5. The minimum atomic E-state index is -4.17. The molecule has 224 valence electrons. The van der Waals surface area contributed by atoms with Crippen LogP contribution in [0.4, 0.5) is 5.69 Å². The van der Waals surface area contributed by atoms with E-state index in [-0.39, 0.29) is 23.4 Å².